The summed E-state index contributed by atoms with van der Waals surface area (Å²) in [5, 5.41) is 0. The molecule has 0 aromatic carbocycles. The SMILES string of the molecule is CC/C=C\C/C=C\C/C=C\C/C=C\C/C=C\C/C=C\CCC(=O)OCC(COC(=O)CCCCCCCCCCCCCCC)OC(=O)CCCCCCCCC/C=C\CCCCCCCC. The summed E-state index contributed by atoms with van der Waals surface area (Å²) >= 11 is 0. The third-order valence-corrected chi connectivity index (χ3v) is 11.9. The van der Waals surface area contributed by atoms with Crippen molar-refractivity contribution in [2.75, 3.05) is 13.2 Å². The van der Waals surface area contributed by atoms with Crippen molar-refractivity contribution in [1.29, 1.82) is 0 Å². The van der Waals surface area contributed by atoms with Crippen molar-refractivity contribution >= 4 is 17.9 Å². The molecule has 0 aliphatic carbocycles. The molecular formula is C61H104O6. The van der Waals surface area contributed by atoms with E-state index in [1.807, 2.05) is 6.08 Å². The highest BCUT2D eigenvalue weighted by Crippen LogP contribution is 2.15. The topological polar surface area (TPSA) is 78.9 Å². The summed E-state index contributed by atoms with van der Waals surface area (Å²) < 4.78 is 16.8. The van der Waals surface area contributed by atoms with Gasteiger partial charge in [-0.1, -0.05) is 247 Å². The summed E-state index contributed by atoms with van der Waals surface area (Å²) in [6, 6.07) is 0. The average Bonchev–Trinajstić information content (AvgIpc) is 3.33. The van der Waals surface area contributed by atoms with Gasteiger partial charge in [-0.15, -0.1) is 0 Å². The Balaban J connectivity index is 4.49. The van der Waals surface area contributed by atoms with E-state index in [0.717, 1.165) is 77.0 Å². The minimum absolute atomic E-state index is 0.0995. The molecule has 0 saturated carbocycles. The normalized spacial score (nSPS) is 12.7. The van der Waals surface area contributed by atoms with Crippen LogP contribution in [0.15, 0.2) is 85.1 Å². The van der Waals surface area contributed by atoms with Crippen molar-refractivity contribution in [3.63, 3.8) is 0 Å². The number of hydrogen-bond donors (Lipinski definition) is 0. The lowest BCUT2D eigenvalue weighted by Gasteiger charge is -2.18. The number of unbranched alkanes of at least 4 members (excludes halogenated alkanes) is 25. The molecule has 0 aliphatic heterocycles. The molecular weight excluding hydrogens is 829 g/mol. The molecule has 1 atom stereocenters. The van der Waals surface area contributed by atoms with Gasteiger partial charge in [-0.2, -0.15) is 0 Å². The Bertz CT molecular complexity index is 1300. The Morgan fingerprint density at radius 2 is 0.612 bits per heavy atom. The van der Waals surface area contributed by atoms with Crippen LogP contribution in [0.25, 0.3) is 0 Å². The zero-order valence-electron chi connectivity index (χ0n) is 43.9. The first-order valence-electron chi connectivity index (χ1n) is 28.1. The highest BCUT2D eigenvalue weighted by atomic mass is 16.6. The fourth-order valence-electron chi connectivity index (χ4n) is 7.70. The van der Waals surface area contributed by atoms with Crippen LogP contribution in [-0.2, 0) is 28.6 Å². The zero-order valence-corrected chi connectivity index (χ0v) is 43.9. The van der Waals surface area contributed by atoms with Crippen molar-refractivity contribution in [2.45, 2.75) is 271 Å². The van der Waals surface area contributed by atoms with Crippen LogP contribution in [-0.4, -0.2) is 37.2 Å². The Kier molecular flexibility index (Phi) is 52.4. The van der Waals surface area contributed by atoms with Gasteiger partial charge < -0.3 is 14.2 Å². The van der Waals surface area contributed by atoms with E-state index < -0.39 is 6.10 Å². The smallest absolute Gasteiger partial charge is 0.306 e. The van der Waals surface area contributed by atoms with E-state index in [0.29, 0.717) is 19.3 Å². The molecule has 1 unspecified atom stereocenters. The molecule has 0 spiro atoms. The summed E-state index contributed by atoms with van der Waals surface area (Å²) in [5.74, 6) is -0.986. The highest BCUT2D eigenvalue weighted by Gasteiger charge is 2.19. The van der Waals surface area contributed by atoms with E-state index in [4.69, 9.17) is 14.2 Å². The third-order valence-electron chi connectivity index (χ3n) is 11.9. The molecule has 0 aromatic heterocycles. The molecule has 6 heteroatoms. The van der Waals surface area contributed by atoms with Crippen LogP contribution in [0, 0.1) is 0 Å². The van der Waals surface area contributed by atoms with Crippen LogP contribution in [0.5, 0.6) is 0 Å². The molecule has 0 aromatic rings. The molecule has 0 radical (unpaired) electrons. The number of carbonyl (C=O) groups is 3. The second kappa shape index (κ2) is 55.2. The summed E-state index contributed by atoms with van der Waals surface area (Å²) in [6.45, 7) is 6.46. The van der Waals surface area contributed by atoms with Crippen molar-refractivity contribution < 1.29 is 28.6 Å². The van der Waals surface area contributed by atoms with Crippen LogP contribution in [0.1, 0.15) is 265 Å². The number of esters is 3. The van der Waals surface area contributed by atoms with Gasteiger partial charge in [0.2, 0.25) is 0 Å². The number of hydrogen-bond acceptors (Lipinski definition) is 6. The third kappa shape index (κ3) is 53.4. The molecule has 6 nitrogen and oxygen atoms in total. The molecule has 0 amide bonds. The van der Waals surface area contributed by atoms with E-state index in [1.165, 1.54) is 141 Å². The largest absolute Gasteiger partial charge is 0.462 e. The molecule has 384 valence electrons. The standard InChI is InChI=1S/C61H104O6/c1-4-7-10-13-16-19-22-25-27-29-30-32-33-36-39-42-45-48-51-54-60(63)66-57-58(56-65-59(62)53-50-47-44-41-38-35-24-21-18-15-12-9-6-3)67-61(64)55-52-49-46-43-40-37-34-31-28-26-23-20-17-14-11-8-5-2/h7,10,16,19,25-28,30,32,36,39,45,48,58H,4-6,8-9,11-15,17-18,20-24,29,31,33-35,37-38,40-44,46-47,49-57H2,1-3H3/b10-7-,19-16-,27-25-,28-26-,32-30-,39-36-,48-45-. The number of carbonyl (C=O) groups excluding carboxylic acids is 3. The van der Waals surface area contributed by atoms with Crippen molar-refractivity contribution in [3.05, 3.63) is 85.1 Å². The van der Waals surface area contributed by atoms with Gasteiger partial charge in [0.15, 0.2) is 6.10 Å². The highest BCUT2D eigenvalue weighted by molar-refractivity contribution is 5.71. The minimum Gasteiger partial charge on any atom is -0.462 e. The molecule has 0 N–H and O–H groups in total. The van der Waals surface area contributed by atoms with Gasteiger partial charge in [0, 0.05) is 19.3 Å². The fourth-order valence-corrected chi connectivity index (χ4v) is 7.70. The molecule has 0 fully saturated rings. The maximum absolute atomic E-state index is 12.8. The first kappa shape index (κ1) is 63.6. The van der Waals surface area contributed by atoms with E-state index in [-0.39, 0.29) is 37.5 Å². The lowest BCUT2D eigenvalue weighted by atomic mass is 10.0. The van der Waals surface area contributed by atoms with E-state index >= 15 is 0 Å². The number of allylic oxidation sites excluding steroid dienone is 14. The van der Waals surface area contributed by atoms with Gasteiger partial charge in [-0.05, 0) is 83.5 Å². The summed E-state index contributed by atoms with van der Waals surface area (Å²) in [5.41, 5.74) is 0. The van der Waals surface area contributed by atoms with Gasteiger partial charge >= 0.3 is 17.9 Å². The Morgan fingerprint density at radius 3 is 1.00 bits per heavy atom. The Labute approximate surface area is 414 Å². The fraction of sp³-hybridized carbons (Fsp3) is 0.721. The first-order chi connectivity index (χ1) is 33.0. The summed E-state index contributed by atoms with van der Waals surface area (Å²) in [7, 11) is 0. The predicted octanol–water partition coefficient (Wildman–Crippen LogP) is 18.8. The first-order valence-corrected chi connectivity index (χ1v) is 28.1. The minimum atomic E-state index is -0.808. The molecule has 0 saturated heterocycles. The molecule has 0 rings (SSSR count). The quantitative estimate of drug-likeness (QED) is 0.0262. The number of ether oxygens (including phenoxy) is 3. The van der Waals surface area contributed by atoms with Gasteiger partial charge in [0.05, 0.1) is 0 Å². The molecule has 0 aliphatic rings. The van der Waals surface area contributed by atoms with E-state index in [9.17, 15) is 14.4 Å². The van der Waals surface area contributed by atoms with Crippen LogP contribution < -0.4 is 0 Å². The maximum Gasteiger partial charge on any atom is 0.306 e. The maximum atomic E-state index is 12.8. The van der Waals surface area contributed by atoms with E-state index in [2.05, 4.69) is 99.8 Å². The van der Waals surface area contributed by atoms with Crippen molar-refractivity contribution in [1.82, 2.24) is 0 Å². The summed E-state index contributed by atoms with van der Waals surface area (Å²) in [6.07, 6.45) is 71.5. The van der Waals surface area contributed by atoms with E-state index in [1.54, 1.807) is 0 Å². The molecule has 67 heavy (non-hydrogen) atoms. The molecule has 0 heterocycles. The Morgan fingerprint density at radius 1 is 0.313 bits per heavy atom. The average molecular weight is 933 g/mol. The monoisotopic (exact) mass is 933 g/mol. The van der Waals surface area contributed by atoms with Crippen LogP contribution >= 0.6 is 0 Å². The number of rotatable bonds is 50. The zero-order chi connectivity index (χ0) is 48.6. The predicted molar refractivity (Wildman–Crippen MR) is 288 cm³/mol. The second-order valence-electron chi connectivity index (χ2n) is 18.5. The van der Waals surface area contributed by atoms with Crippen LogP contribution in [0.4, 0.5) is 0 Å². The van der Waals surface area contributed by atoms with Crippen LogP contribution in [0.2, 0.25) is 0 Å². The van der Waals surface area contributed by atoms with Gasteiger partial charge in [-0.25, -0.2) is 0 Å². The lowest BCUT2D eigenvalue weighted by Crippen LogP contribution is -2.30. The van der Waals surface area contributed by atoms with Gasteiger partial charge in [-0.3, -0.25) is 14.4 Å². The Hall–Kier alpha value is -3.41. The lowest BCUT2D eigenvalue weighted by molar-refractivity contribution is -0.166. The van der Waals surface area contributed by atoms with Gasteiger partial charge in [0.1, 0.15) is 13.2 Å². The van der Waals surface area contributed by atoms with Crippen molar-refractivity contribution in [2.24, 2.45) is 0 Å². The second-order valence-corrected chi connectivity index (χ2v) is 18.5. The van der Waals surface area contributed by atoms with Crippen LogP contribution in [0.3, 0.4) is 0 Å². The van der Waals surface area contributed by atoms with Gasteiger partial charge in [0.25, 0.3) is 0 Å². The molecule has 0 bridgehead atoms. The summed E-state index contributed by atoms with van der Waals surface area (Å²) in [4.78, 5) is 38.1. The van der Waals surface area contributed by atoms with Crippen molar-refractivity contribution in [3.8, 4) is 0 Å².